The second kappa shape index (κ2) is 4.48. The van der Waals surface area contributed by atoms with E-state index in [0.717, 1.165) is 35.8 Å². The average Bonchev–Trinajstić information content (AvgIpc) is 2.76. The molecule has 8 nitrogen and oxygen atoms in total. The fraction of sp³-hybridized carbons (Fsp3) is 0.333. The van der Waals surface area contributed by atoms with Crippen LogP contribution >= 0.6 is 0 Å². The number of aromatic amines is 2. The van der Waals surface area contributed by atoms with Crippen LogP contribution in [0.5, 0.6) is 0 Å². The van der Waals surface area contributed by atoms with Gasteiger partial charge in [0.15, 0.2) is 0 Å². The molecule has 0 saturated heterocycles. The largest absolute Gasteiger partial charge is 0.477 e. The second-order valence-electron chi connectivity index (χ2n) is 4.67. The molecular formula is C12H12N4O4. The molecule has 2 heterocycles. The summed E-state index contributed by atoms with van der Waals surface area (Å²) in [7, 11) is 0. The monoisotopic (exact) mass is 276 g/mol. The average molecular weight is 276 g/mol. The molecule has 0 bridgehead atoms. The number of hydrogen-bond donors (Lipinski definition) is 3. The molecular weight excluding hydrogens is 264 g/mol. The summed E-state index contributed by atoms with van der Waals surface area (Å²) in [6.45, 7) is 0. The third-order valence-electron chi connectivity index (χ3n) is 3.40. The molecule has 0 saturated carbocycles. The number of H-pyrrole nitrogens is 2. The van der Waals surface area contributed by atoms with E-state index >= 15 is 0 Å². The maximum absolute atomic E-state index is 12.2. The van der Waals surface area contributed by atoms with Gasteiger partial charge in [-0.1, -0.05) is 0 Å². The Balaban J connectivity index is 2.12. The van der Waals surface area contributed by atoms with Crippen molar-refractivity contribution in [2.24, 2.45) is 0 Å². The Morgan fingerprint density at radius 3 is 2.70 bits per heavy atom. The highest BCUT2D eigenvalue weighted by Gasteiger charge is 2.19. The van der Waals surface area contributed by atoms with Crippen molar-refractivity contribution in [1.82, 2.24) is 19.7 Å². The molecule has 0 radical (unpaired) electrons. The highest BCUT2D eigenvalue weighted by atomic mass is 16.4. The minimum absolute atomic E-state index is 0.000556. The number of nitrogens with one attached hydrogen (secondary N) is 2. The first kappa shape index (κ1) is 12.4. The number of carboxylic acids is 1. The smallest absolute Gasteiger partial charge is 0.342 e. The van der Waals surface area contributed by atoms with Gasteiger partial charge in [-0.05, 0) is 25.7 Å². The zero-order chi connectivity index (χ0) is 14.3. The fourth-order valence-electron chi connectivity index (χ4n) is 2.39. The van der Waals surface area contributed by atoms with Gasteiger partial charge in [0.25, 0.3) is 11.1 Å². The highest BCUT2D eigenvalue weighted by Crippen LogP contribution is 2.16. The number of fused-ring (bicyclic) bond motifs is 1. The molecule has 3 N–H and O–H groups in total. The maximum Gasteiger partial charge on any atom is 0.342 e. The van der Waals surface area contributed by atoms with E-state index in [9.17, 15) is 14.4 Å². The number of nitrogens with zero attached hydrogens (tertiary/aromatic N) is 2. The molecule has 8 heteroatoms. The first-order valence-electron chi connectivity index (χ1n) is 6.23. The zero-order valence-corrected chi connectivity index (χ0v) is 10.5. The Bertz CT molecular complexity index is 799. The molecule has 0 fully saturated rings. The van der Waals surface area contributed by atoms with Crippen LogP contribution in [0.4, 0.5) is 0 Å². The number of aromatic carboxylic acids is 1. The van der Waals surface area contributed by atoms with Gasteiger partial charge in [0.1, 0.15) is 5.56 Å². The van der Waals surface area contributed by atoms with Gasteiger partial charge in [-0.25, -0.2) is 9.78 Å². The SMILES string of the molecule is O=C(O)c1cnc(-n2[nH]c3c(c2=O)CCCC3)[nH]c1=O. The third-order valence-corrected chi connectivity index (χ3v) is 3.40. The summed E-state index contributed by atoms with van der Waals surface area (Å²) in [4.78, 5) is 40.7. The van der Waals surface area contributed by atoms with Gasteiger partial charge in [0.05, 0.1) is 6.20 Å². The van der Waals surface area contributed by atoms with E-state index in [0.29, 0.717) is 12.0 Å². The fourth-order valence-corrected chi connectivity index (χ4v) is 2.39. The minimum atomic E-state index is -1.36. The molecule has 0 atom stereocenters. The number of aryl methyl sites for hydroxylation is 1. The number of aromatic nitrogens is 4. The van der Waals surface area contributed by atoms with Crippen molar-refractivity contribution < 1.29 is 9.90 Å². The van der Waals surface area contributed by atoms with Crippen LogP contribution in [0.15, 0.2) is 15.8 Å². The Hall–Kier alpha value is -2.64. The van der Waals surface area contributed by atoms with E-state index in [1.807, 2.05) is 0 Å². The molecule has 2 aromatic rings. The van der Waals surface area contributed by atoms with E-state index in [4.69, 9.17) is 5.11 Å². The number of carboxylic acid groups (broad SMARTS) is 1. The summed E-state index contributed by atoms with van der Waals surface area (Å²) in [5.41, 5.74) is 0.0680. The molecule has 0 unspecified atom stereocenters. The normalized spacial score (nSPS) is 14.0. The second-order valence-corrected chi connectivity index (χ2v) is 4.67. The lowest BCUT2D eigenvalue weighted by Gasteiger charge is -2.07. The van der Waals surface area contributed by atoms with Crippen molar-refractivity contribution in [2.45, 2.75) is 25.7 Å². The van der Waals surface area contributed by atoms with Gasteiger partial charge in [0.2, 0.25) is 5.95 Å². The lowest BCUT2D eigenvalue weighted by Crippen LogP contribution is -2.25. The van der Waals surface area contributed by atoms with E-state index in [-0.39, 0.29) is 11.5 Å². The Morgan fingerprint density at radius 1 is 1.30 bits per heavy atom. The first-order valence-corrected chi connectivity index (χ1v) is 6.23. The number of carbonyl (C=O) groups is 1. The van der Waals surface area contributed by atoms with Crippen molar-refractivity contribution in [2.75, 3.05) is 0 Å². The molecule has 2 aromatic heterocycles. The topological polar surface area (TPSA) is 121 Å². The van der Waals surface area contributed by atoms with Crippen LogP contribution < -0.4 is 11.1 Å². The van der Waals surface area contributed by atoms with E-state index in [2.05, 4.69) is 15.1 Å². The molecule has 0 amide bonds. The molecule has 104 valence electrons. The summed E-state index contributed by atoms with van der Waals surface area (Å²) in [5, 5.41) is 11.7. The van der Waals surface area contributed by atoms with Gasteiger partial charge < -0.3 is 5.11 Å². The van der Waals surface area contributed by atoms with Crippen molar-refractivity contribution in [3.05, 3.63) is 43.7 Å². The van der Waals surface area contributed by atoms with Crippen LogP contribution in [0.2, 0.25) is 0 Å². The predicted octanol–water partition coefficient (Wildman–Crippen LogP) is -0.174. The third kappa shape index (κ3) is 1.85. The van der Waals surface area contributed by atoms with Crippen LogP contribution in [-0.4, -0.2) is 30.8 Å². The summed E-state index contributed by atoms with van der Waals surface area (Å²) in [6, 6.07) is 0. The maximum atomic E-state index is 12.2. The molecule has 0 aliphatic heterocycles. The molecule has 1 aliphatic rings. The molecule has 1 aliphatic carbocycles. The van der Waals surface area contributed by atoms with Gasteiger partial charge >= 0.3 is 5.97 Å². The zero-order valence-electron chi connectivity index (χ0n) is 10.5. The van der Waals surface area contributed by atoms with Crippen molar-refractivity contribution in [3.8, 4) is 5.95 Å². The van der Waals surface area contributed by atoms with E-state index in [1.165, 1.54) is 0 Å². The van der Waals surface area contributed by atoms with Gasteiger partial charge in [-0.3, -0.25) is 19.7 Å². The van der Waals surface area contributed by atoms with Crippen LogP contribution in [0, 0.1) is 0 Å². The van der Waals surface area contributed by atoms with E-state index in [1.54, 1.807) is 0 Å². The van der Waals surface area contributed by atoms with Gasteiger partial charge in [-0.2, -0.15) is 4.68 Å². The standard InChI is InChI=1S/C12H12N4O4/c17-9-7(11(19)20)5-13-12(14-9)16-10(18)6-3-1-2-4-8(6)15-16/h5,15H,1-4H2,(H,19,20)(H,13,14,17). The van der Waals surface area contributed by atoms with Crippen molar-refractivity contribution in [1.29, 1.82) is 0 Å². The summed E-state index contributed by atoms with van der Waals surface area (Å²) in [5.74, 6) is -1.36. The first-order chi connectivity index (χ1) is 9.58. The van der Waals surface area contributed by atoms with Gasteiger partial charge in [0, 0.05) is 11.3 Å². The van der Waals surface area contributed by atoms with Crippen LogP contribution in [0.1, 0.15) is 34.5 Å². The molecule has 20 heavy (non-hydrogen) atoms. The Labute approximate surface area is 112 Å². The lowest BCUT2D eigenvalue weighted by molar-refractivity contribution is 0.0694. The molecule has 0 aromatic carbocycles. The molecule has 0 spiro atoms. The van der Waals surface area contributed by atoms with Crippen LogP contribution in [-0.2, 0) is 12.8 Å². The van der Waals surface area contributed by atoms with Crippen molar-refractivity contribution in [3.63, 3.8) is 0 Å². The summed E-state index contributed by atoms with van der Waals surface area (Å²) >= 11 is 0. The van der Waals surface area contributed by atoms with Gasteiger partial charge in [-0.15, -0.1) is 0 Å². The number of rotatable bonds is 2. The quantitative estimate of drug-likeness (QED) is 0.703. The summed E-state index contributed by atoms with van der Waals surface area (Å²) < 4.78 is 1.16. The Kier molecular flexibility index (Phi) is 2.78. The minimum Gasteiger partial charge on any atom is -0.477 e. The lowest BCUT2D eigenvalue weighted by atomic mass is 9.98. The summed E-state index contributed by atoms with van der Waals surface area (Å²) in [6.07, 6.45) is 4.41. The predicted molar refractivity (Wildman–Crippen MR) is 68.4 cm³/mol. The Morgan fingerprint density at radius 2 is 2.05 bits per heavy atom. The van der Waals surface area contributed by atoms with E-state index < -0.39 is 17.1 Å². The highest BCUT2D eigenvalue weighted by molar-refractivity contribution is 5.86. The molecule has 3 rings (SSSR count). The van der Waals surface area contributed by atoms with Crippen LogP contribution in [0.25, 0.3) is 5.95 Å². The van der Waals surface area contributed by atoms with Crippen LogP contribution in [0.3, 0.4) is 0 Å². The van der Waals surface area contributed by atoms with Crippen molar-refractivity contribution >= 4 is 5.97 Å². The number of hydrogen-bond acceptors (Lipinski definition) is 4.